The molecule has 20 heavy (non-hydrogen) atoms. The van der Waals surface area contributed by atoms with Crippen LogP contribution in [-0.4, -0.2) is 6.04 Å². The van der Waals surface area contributed by atoms with E-state index in [9.17, 15) is 13.2 Å². The molecule has 1 aromatic carbocycles. The number of halogens is 3. The summed E-state index contributed by atoms with van der Waals surface area (Å²) in [6.07, 6.45) is -3.60. The van der Waals surface area contributed by atoms with Gasteiger partial charge in [0.2, 0.25) is 0 Å². The molecule has 0 radical (unpaired) electrons. The van der Waals surface area contributed by atoms with Crippen molar-refractivity contribution in [1.29, 1.82) is 0 Å². The molecule has 108 valence electrons. The summed E-state index contributed by atoms with van der Waals surface area (Å²) in [5.41, 5.74) is 8.97. The van der Waals surface area contributed by atoms with Gasteiger partial charge in [-0.15, -0.1) is 0 Å². The Hall–Kier alpha value is -1.88. The van der Waals surface area contributed by atoms with Crippen LogP contribution < -0.4 is 5.32 Å². The van der Waals surface area contributed by atoms with Crippen LogP contribution in [0.4, 0.5) is 18.9 Å². The van der Waals surface area contributed by atoms with Gasteiger partial charge in [0.05, 0.1) is 11.6 Å². The number of fused-ring (bicyclic) bond motifs is 1. The molecule has 1 heterocycles. The van der Waals surface area contributed by atoms with E-state index >= 15 is 0 Å². The summed E-state index contributed by atoms with van der Waals surface area (Å²) in [6, 6.07) is 3.02. The molecule has 0 fully saturated rings. The lowest BCUT2D eigenvalue weighted by atomic mass is 9.82. The minimum Gasteiger partial charge on any atom is -0.382 e. The van der Waals surface area contributed by atoms with Crippen molar-refractivity contribution in [3.8, 4) is 0 Å². The molecule has 4 nitrogen and oxygen atoms in total. The van der Waals surface area contributed by atoms with Crippen molar-refractivity contribution in [2.45, 2.75) is 38.5 Å². The molecule has 0 spiro atoms. The average molecular weight is 284 g/mol. The molecule has 2 rings (SSSR count). The Bertz CT molecular complexity index is 549. The molecule has 0 aromatic heterocycles. The Balaban J connectivity index is 2.53. The first-order valence-electron chi connectivity index (χ1n) is 6.40. The smallest absolute Gasteiger partial charge is 0.382 e. The quantitative estimate of drug-likeness (QED) is 0.468. The van der Waals surface area contributed by atoms with E-state index in [1.165, 1.54) is 6.07 Å². The third-order valence-electron chi connectivity index (χ3n) is 3.79. The highest BCUT2D eigenvalue weighted by atomic mass is 19.4. The van der Waals surface area contributed by atoms with Crippen molar-refractivity contribution in [3.63, 3.8) is 0 Å². The number of benzene rings is 1. The fourth-order valence-electron chi connectivity index (χ4n) is 2.65. The van der Waals surface area contributed by atoms with Gasteiger partial charge < -0.3 is 5.32 Å². The van der Waals surface area contributed by atoms with Gasteiger partial charge in [0, 0.05) is 16.6 Å². The molecule has 0 bridgehead atoms. The lowest BCUT2D eigenvalue weighted by molar-refractivity contribution is -0.137. The Morgan fingerprint density at radius 3 is 2.65 bits per heavy atom. The molecule has 1 aliphatic heterocycles. The van der Waals surface area contributed by atoms with Crippen molar-refractivity contribution >= 4 is 5.69 Å². The van der Waals surface area contributed by atoms with Crippen LogP contribution in [0.1, 0.15) is 37.4 Å². The highest BCUT2D eigenvalue weighted by molar-refractivity contribution is 5.57. The van der Waals surface area contributed by atoms with Gasteiger partial charge in [-0.25, -0.2) is 0 Å². The predicted molar refractivity (Wildman–Crippen MR) is 70.2 cm³/mol. The highest BCUT2D eigenvalue weighted by Crippen LogP contribution is 2.42. The Labute approximate surface area is 114 Å². The normalized spacial score (nSPS) is 25.4. The largest absolute Gasteiger partial charge is 0.416 e. The topological polar surface area (TPSA) is 60.8 Å². The molecule has 2 unspecified atom stereocenters. The molecule has 1 aromatic rings. The van der Waals surface area contributed by atoms with E-state index < -0.39 is 17.8 Å². The van der Waals surface area contributed by atoms with Crippen LogP contribution in [0.2, 0.25) is 0 Å². The maximum atomic E-state index is 12.8. The molecule has 7 heteroatoms. The number of anilines is 1. The van der Waals surface area contributed by atoms with Crippen LogP contribution >= 0.6 is 0 Å². The van der Waals surface area contributed by atoms with Gasteiger partial charge in [0.1, 0.15) is 0 Å². The monoisotopic (exact) mass is 284 g/mol. The molecule has 1 aliphatic rings. The minimum atomic E-state index is -4.40. The fraction of sp³-hybridized carbons (Fsp3) is 0.538. The number of alkyl halides is 3. The van der Waals surface area contributed by atoms with Crippen LogP contribution in [0.15, 0.2) is 23.3 Å². The van der Waals surface area contributed by atoms with Crippen LogP contribution in [0, 0.1) is 5.92 Å². The Morgan fingerprint density at radius 1 is 1.40 bits per heavy atom. The number of rotatable bonds is 2. The molecule has 1 N–H and O–H groups in total. The lowest BCUT2D eigenvalue weighted by Crippen LogP contribution is -2.35. The van der Waals surface area contributed by atoms with Crippen LogP contribution in [0.25, 0.3) is 10.4 Å². The zero-order chi connectivity index (χ0) is 14.9. The van der Waals surface area contributed by atoms with Crippen LogP contribution in [0.3, 0.4) is 0 Å². The van der Waals surface area contributed by atoms with Crippen molar-refractivity contribution in [3.05, 3.63) is 39.8 Å². The zero-order valence-corrected chi connectivity index (χ0v) is 11.1. The predicted octanol–water partition coefficient (Wildman–Crippen LogP) is 4.90. The van der Waals surface area contributed by atoms with Gasteiger partial charge in [-0.3, -0.25) is 0 Å². The molecular formula is C13H15F3N4. The SMILES string of the molecule is CCC1Nc2ccc(C(F)(F)F)cc2[C@@H](N=[N+]=[N-])C1C. The van der Waals surface area contributed by atoms with E-state index in [1.54, 1.807) is 0 Å². The highest BCUT2D eigenvalue weighted by Gasteiger charge is 2.36. The van der Waals surface area contributed by atoms with E-state index in [4.69, 9.17) is 5.53 Å². The summed E-state index contributed by atoms with van der Waals surface area (Å²) >= 11 is 0. The minimum absolute atomic E-state index is 0.0631. The van der Waals surface area contributed by atoms with Gasteiger partial charge in [-0.1, -0.05) is 19.0 Å². The maximum absolute atomic E-state index is 12.8. The molecule has 0 amide bonds. The molecule has 0 aliphatic carbocycles. The first-order valence-corrected chi connectivity index (χ1v) is 6.40. The lowest BCUT2D eigenvalue weighted by Gasteiger charge is -2.36. The average Bonchev–Trinajstić information content (AvgIpc) is 2.40. The van der Waals surface area contributed by atoms with Gasteiger partial charge in [0.25, 0.3) is 0 Å². The van der Waals surface area contributed by atoms with Gasteiger partial charge in [0.15, 0.2) is 0 Å². The number of nitrogens with one attached hydrogen (secondary N) is 1. The molecular weight excluding hydrogens is 269 g/mol. The van der Waals surface area contributed by atoms with Gasteiger partial charge in [-0.05, 0) is 41.6 Å². The van der Waals surface area contributed by atoms with E-state index in [-0.39, 0.29) is 12.0 Å². The zero-order valence-electron chi connectivity index (χ0n) is 11.1. The van der Waals surface area contributed by atoms with E-state index in [2.05, 4.69) is 15.3 Å². The molecule has 0 saturated heterocycles. The summed E-state index contributed by atoms with van der Waals surface area (Å²) in [5.74, 6) is -0.0631. The van der Waals surface area contributed by atoms with Crippen molar-refractivity contribution in [1.82, 2.24) is 0 Å². The van der Waals surface area contributed by atoms with Crippen molar-refractivity contribution in [2.75, 3.05) is 5.32 Å². The van der Waals surface area contributed by atoms with Gasteiger partial charge in [-0.2, -0.15) is 13.2 Å². The summed E-state index contributed by atoms with van der Waals surface area (Å²) in [6.45, 7) is 3.86. The standard InChI is InChI=1S/C13H15F3N4/c1-3-10-7(2)12(19-20-17)9-6-8(13(14,15)16)4-5-11(9)18-10/h4-7,10,12,18H,3H2,1-2H3/t7?,10?,12-/m0/s1. The maximum Gasteiger partial charge on any atom is 0.416 e. The third kappa shape index (κ3) is 2.54. The van der Waals surface area contributed by atoms with Crippen molar-refractivity contribution in [2.24, 2.45) is 11.0 Å². The second kappa shape index (κ2) is 5.25. The Morgan fingerprint density at radius 2 is 2.10 bits per heavy atom. The number of hydrogen-bond acceptors (Lipinski definition) is 2. The van der Waals surface area contributed by atoms with Gasteiger partial charge >= 0.3 is 6.18 Å². The first-order chi connectivity index (χ1) is 9.38. The summed E-state index contributed by atoms with van der Waals surface area (Å²) in [5, 5.41) is 6.91. The summed E-state index contributed by atoms with van der Waals surface area (Å²) in [4.78, 5) is 2.79. The molecule has 3 atom stereocenters. The van der Waals surface area contributed by atoms with E-state index in [1.807, 2.05) is 13.8 Å². The van der Waals surface area contributed by atoms with E-state index in [0.29, 0.717) is 11.3 Å². The fourth-order valence-corrected chi connectivity index (χ4v) is 2.65. The molecule has 0 saturated carbocycles. The first kappa shape index (κ1) is 14.5. The third-order valence-corrected chi connectivity index (χ3v) is 3.79. The number of azide groups is 1. The number of nitrogens with zero attached hydrogens (tertiary/aromatic N) is 3. The Kier molecular flexibility index (Phi) is 3.81. The number of hydrogen-bond donors (Lipinski definition) is 1. The second-order valence-corrected chi connectivity index (χ2v) is 4.97. The van der Waals surface area contributed by atoms with E-state index in [0.717, 1.165) is 18.6 Å². The van der Waals surface area contributed by atoms with Crippen LogP contribution in [-0.2, 0) is 6.18 Å². The second-order valence-electron chi connectivity index (χ2n) is 4.97. The van der Waals surface area contributed by atoms with Crippen LogP contribution in [0.5, 0.6) is 0 Å². The summed E-state index contributed by atoms with van der Waals surface area (Å²) < 4.78 is 38.4. The summed E-state index contributed by atoms with van der Waals surface area (Å²) in [7, 11) is 0. The van der Waals surface area contributed by atoms with Crippen molar-refractivity contribution < 1.29 is 13.2 Å².